The summed E-state index contributed by atoms with van der Waals surface area (Å²) in [6, 6.07) is 0.00124. The lowest BCUT2D eigenvalue weighted by Crippen LogP contribution is -2.42. The number of esters is 1. The molecule has 0 aliphatic carbocycles. The number of cyclic esters (lactones) is 1. The maximum absolute atomic E-state index is 12.8. The Balaban J connectivity index is 1.89. The maximum Gasteiger partial charge on any atom is 0.411 e. The lowest BCUT2D eigenvalue weighted by molar-refractivity contribution is -0.158. The molecule has 0 bridgehead atoms. The van der Waals surface area contributed by atoms with E-state index in [9.17, 15) is 14.4 Å². The lowest BCUT2D eigenvalue weighted by atomic mass is 9.81. The van der Waals surface area contributed by atoms with Crippen molar-refractivity contribution in [2.75, 3.05) is 20.3 Å². The first kappa shape index (κ1) is 23.6. The zero-order valence-electron chi connectivity index (χ0n) is 18.7. The number of carbonyl (C=O) groups is 3. The van der Waals surface area contributed by atoms with Crippen molar-refractivity contribution in [3.63, 3.8) is 0 Å². The summed E-state index contributed by atoms with van der Waals surface area (Å²) in [5, 5.41) is 0. The second-order valence-corrected chi connectivity index (χ2v) is 9.31. The molecule has 2 fully saturated rings. The summed E-state index contributed by atoms with van der Waals surface area (Å²) in [5.41, 5.74) is 4.36. The summed E-state index contributed by atoms with van der Waals surface area (Å²) >= 11 is 0. The molecule has 0 aromatic rings. The van der Waals surface area contributed by atoms with Gasteiger partial charge in [0.05, 0.1) is 17.7 Å². The highest BCUT2D eigenvalue weighted by atomic mass is 16.6. The minimum atomic E-state index is -0.897. The fraction of sp³-hybridized carbons (Fsp3) is 0.857. The highest BCUT2D eigenvalue weighted by Gasteiger charge is 2.67. The molecule has 166 valence electrons. The average molecular weight is 413 g/mol. The number of carbonyl (C=O) groups excluding carboxylic acids is 3. The molecule has 1 amide bonds. The van der Waals surface area contributed by atoms with E-state index in [1.807, 2.05) is 20.8 Å². The van der Waals surface area contributed by atoms with Crippen LogP contribution in [-0.4, -0.2) is 66.3 Å². The molecule has 8 heteroatoms. The normalized spacial score (nSPS) is 30.6. The Kier molecular flexibility index (Phi) is 7.00. The third kappa shape index (κ3) is 4.91. The number of hydrogen-bond donors (Lipinski definition) is 1. The fourth-order valence-corrected chi connectivity index (χ4v) is 4.56. The number of Topliss-reactive ketones (excluding diaryl/α,β-unsaturated/α-hetero) is 1. The lowest BCUT2D eigenvalue weighted by Gasteiger charge is -2.33. The van der Waals surface area contributed by atoms with Crippen molar-refractivity contribution < 1.29 is 28.6 Å². The number of nitrogens with two attached hydrogens (primary N) is 1. The summed E-state index contributed by atoms with van der Waals surface area (Å²) in [4.78, 5) is 38.7. The Morgan fingerprint density at radius 3 is 2.41 bits per heavy atom. The summed E-state index contributed by atoms with van der Waals surface area (Å²) in [7, 11) is 1.63. The average Bonchev–Trinajstić information content (AvgIpc) is 3.28. The SMILES string of the molecule is CO[C@](C)(C[C@@H](C)CN)C[C@@H](C)C(=O)C(C)C(=O)OC[C@@]1(C)OC(=O)N2C1[C@@H]2C. The van der Waals surface area contributed by atoms with E-state index >= 15 is 0 Å². The predicted octanol–water partition coefficient (Wildman–Crippen LogP) is 2.13. The molecule has 0 spiro atoms. The molecular weight excluding hydrogens is 376 g/mol. The largest absolute Gasteiger partial charge is 0.461 e. The van der Waals surface area contributed by atoms with Gasteiger partial charge in [-0.1, -0.05) is 13.8 Å². The maximum atomic E-state index is 12.8. The van der Waals surface area contributed by atoms with Crippen molar-refractivity contribution >= 4 is 17.8 Å². The molecule has 2 aliphatic rings. The summed E-state index contributed by atoms with van der Waals surface area (Å²) in [6.07, 6.45) is 0.842. The Bertz CT molecular complexity index is 655. The molecule has 2 heterocycles. The Morgan fingerprint density at radius 1 is 1.31 bits per heavy atom. The first-order valence-electron chi connectivity index (χ1n) is 10.4. The standard InChI is InChI=1S/C21H36N2O6/c1-12(10-22)8-20(5,27-7)9-13(2)16(24)14(3)18(25)28-11-21(6)17-15(4)23(17)19(26)29-21/h12-15,17H,8-11,22H2,1-7H3/t12-,13-,14?,15+,17?,20-,21-,23?/m1/s1. The van der Waals surface area contributed by atoms with Crippen molar-refractivity contribution in [2.45, 2.75) is 77.7 Å². The van der Waals surface area contributed by atoms with E-state index in [2.05, 4.69) is 0 Å². The first-order chi connectivity index (χ1) is 13.4. The van der Waals surface area contributed by atoms with Crippen LogP contribution in [0.25, 0.3) is 0 Å². The highest BCUT2D eigenvalue weighted by Crippen LogP contribution is 2.46. The van der Waals surface area contributed by atoms with E-state index in [1.54, 1.807) is 32.8 Å². The van der Waals surface area contributed by atoms with Crippen LogP contribution in [0.3, 0.4) is 0 Å². The van der Waals surface area contributed by atoms with Gasteiger partial charge in [-0.2, -0.15) is 0 Å². The number of amides is 1. The van der Waals surface area contributed by atoms with Gasteiger partial charge < -0.3 is 19.9 Å². The summed E-state index contributed by atoms with van der Waals surface area (Å²) < 4.78 is 16.4. The molecule has 7 atom stereocenters. The van der Waals surface area contributed by atoms with E-state index in [1.165, 1.54) is 0 Å². The van der Waals surface area contributed by atoms with E-state index in [0.717, 1.165) is 6.42 Å². The van der Waals surface area contributed by atoms with Crippen molar-refractivity contribution in [3.05, 3.63) is 0 Å². The fourth-order valence-electron chi connectivity index (χ4n) is 4.56. The number of nitrogens with zero attached hydrogens (tertiary/aromatic N) is 1. The Hall–Kier alpha value is -1.67. The number of rotatable bonds is 11. The third-order valence-electron chi connectivity index (χ3n) is 6.44. The van der Waals surface area contributed by atoms with Gasteiger partial charge in [-0.15, -0.1) is 0 Å². The number of hydrogen-bond acceptors (Lipinski definition) is 7. The van der Waals surface area contributed by atoms with Crippen LogP contribution in [0.4, 0.5) is 4.79 Å². The van der Waals surface area contributed by atoms with Crippen molar-refractivity contribution in [3.8, 4) is 0 Å². The van der Waals surface area contributed by atoms with Gasteiger partial charge in [0.15, 0.2) is 5.60 Å². The first-order valence-corrected chi connectivity index (χ1v) is 10.4. The van der Waals surface area contributed by atoms with E-state index in [0.29, 0.717) is 13.0 Å². The van der Waals surface area contributed by atoms with Gasteiger partial charge in [0.25, 0.3) is 0 Å². The van der Waals surface area contributed by atoms with Crippen LogP contribution < -0.4 is 5.73 Å². The van der Waals surface area contributed by atoms with Crippen LogP contribution in [0.1, 0.15) is 54.4 Å². The minimum absolute atomic E-state index is 0.0567. The van der Waals surface area contributed by atoms with Crippen LogP contribution in [0.2, 0.25) is 0 Å². The zero-order valence-corrected chi connectivity index (χ0v) is 18.7. The van der Waals surface area contributed by atoms with Gasteiger partial charge in [0.1, 0.15) is 18.3 Å². The zero-order chi connectivity index (χ0) is 22.1. The molecule has 0 aromatic heterocycles. The van der Waals surface area contributed by atoms with Crippen molar-refractivity contribution in [1.82, 2.24) is 4.90 Å². The van der Waals surface area contributed by atoms with Gasteiger partial charge in [0, 0.05) is 13.0 Å². The molecule has 2 aliphatic heterocycles. The monoisotopic (exact) mass is 412 g/mol. The molecule has 2 unspecified atom stereocenters. The molecule has 0 saturated carbocycles. The van der Waals surface area contributed by atoms with Gasteiger partial charge in [-0.25, -0.2) is 4.79 Å². The second-order valence-electron chi connectivity index (χ2n) is 9.31. The number of ether oxygens (including phenoxy) is 3. The number of fused-ring (bicyclic) bond motifs is 1. The summed E-state index contributed by atoms with van der Waals surface area (Å²) in [5.74, 6) is -1.78. The van der Waals surface area contributed by atoms with Crippen LogP contribution >= 0.6 is 0 Å². The second kappa shape index (κ2) is 8.60. The molecule has 29 heavy (non-hydrogen) atoms. The van der Waals surface area contributed by atoms with Gasteiger partial charge in [-0.05, 0) is 53.0 Å². The van der Waals surface area contributed by atoms with Crippen LogP contribution in [0.5, 0.6) is 0 Å². The number of methoxy groups -OCH3 is 1. The van der Waals surface area contributed by atoms with Crippen molar-refractivity contribution in [1.29, 1.82) is 0 Å². The Morgan fingerprint density at radius 2 is 1.93 bits per heavy atom. The van der Waals surface area contributed by atoms with Gasteiger partial charge >= 0.3 is 12.1 Å². The van der Waals surface area contributed by atoms with Crippen LogP contribution in [0, 0.1) is 17.8 Å². The topological polar surface area (TPSA) is 108 Å². The Labute approximate surface area is 173 Å². The highest BCUT2D eigenvalue weighted by molar-refractivity contribution is 5.99. The number of ketones is 1. The molecule has 8 nitrogen and oxygen atoms in total. The molecular formula is C21H36N2O6. The minimum Gasteiger partial charge on any atom is -0.461 e. The summed E-state index contributed by atoms with van der Waals surface area (Å²) in [6.45, 7) is 11.5. The third-order valence-corrected chi connectivity index (χ3v) is 6.44. The molecule has 2 rings (SSSR count). The van der Waals surface area contributed by atoms with E-state index < -0.39 is 23.1 Å². The quantitative estimate of drug-likeness (QED) is 0.315. The van der Waals surface area contributed by atoms with Crippen LogP contribution in [-0.2, 0) is 23.8 Å². The van der Waals surface area contributed by atoms with Crippen molar-refractivity contribution in [2.24, 2.45) is 23.5 Å². The molecule has 2 N–H and O–H groups in total. The van der Waals surface area contributed by atoms with Gasteiger partial charge in [-0.3, -0.25) is 14.5 Å². The molecule has 0 aromatic carbocycles. The van der Waals surface area contributed by atoms with Gasteiger partial charge in [0.2, 0.25) is 0 Å². The molecule has 0 radical (unpaired) electrons. The van der Waals surface area contributed by atoms with Crippen LogP contribution in [0.15, 0.2) is 0 Å². The smallest absolute Gasteiger partial charge is 0.411 e. The van der Waals surface area contributed by atoms with E-state index in [4.69, 9.17) is 19.9 Å². The van der Waals surface area contributed by atoms with E-state index in [-0.39, 0.29) is 42.4 Å². The predicted molar refractivity (Wildman–Crippen MR) is 107 cm³/mol. The molecule has 2 saturated heterocycles.